The minimum absolute atomic E-state index is 0. The van der Waals surface area contributed by atoms with Crippen LogP contribution in [0, 0.1) is 16.7 Å². The van der Waals surface area contributed by atoms with Crippen molar-refractivity contribution >= 4 is 29.3 Å². The topological polar surface area (TPSA) is 60.1 Å². The fourth-order valence-corrected chi connectivity index (χ4v) is 3.48. The standard InChI is InChI=1S/C19H19N3OS.ClH/c20-13-17-3-1-2-4-18(17)16-7-5-15(6-8-16)14-24-19(21)22-9-11-23-12-10-22;/h1-8,21H,9-12,14H2;1H. The average molecular weight is 374 g/mol. The van der Waals surface area contributed by atoms with E-state index < -0.39 is 0 Å². The van der Waals surface area contributed by atoms with Gasteiger partial charge in [0.2, 0.25) is 0 Å². The quantitative estimate of drug-likeness (QED) is 0.648. The highest BCUT2D eigenvalue weighted by Gasteiger charge is 2.14. The van der Waals surface area contributed by atoms with E-state index in [0.29, 0.717) is 23.9 Å². The summed E-state index contributed by atoms with van der Waals surface area (Å²) in [6.45, 7) is 3.01. The lowest BCUT2D eigenvalue weighted by atomic mass is 10.00. The van der Waals surface area contributed by atoms with Gasteiger partial charge in [-0.1, -0.05) is 54.2 Å². The Bertz CT molecular complexity index is 752. The first kappa shape index (κ1) is 19.3. The van der Waals surface area contributed by atoms with E-state index >= 15 is 0 Å². The lowest BCUT2D eigenvalue weighted by Crippen LogP contribution is -2.39. The number of rotatable bonds is 3. The first-order chi connectivity index (χ1) is 11.8. The summed E-state index contributed by atoms with van der Waals surface area (Å²) in [6.07, 6.45) is 0. The molecule has 1 fully saturated rings. The molecule has 0 unspecified atom stereocenters. The molecule has 130 valence electrons. The molecule has 3 rings (SSSR count). The molecule has 4 nitrogen and oxygen atoms in total. The van der Waals surface area contributed by atoms with Crippen LogP contribution in [-0.2, 0) is 10.5 Å². The number of nitriles is 1. The van der Waals surface area contributed by atoms with Crippen molar-refractivity contribution in [1.82, 2.24) is 4.90 Å². The maximum Gasteiger partial charge on any atom is 0.156 e. The Morgan fingerprint density at radius 1 is 1.12 bits per heavy atom. The molecule has 0 bridgehead atoms. The molecular weight excluding hydrogens is 354 g/mol. The van der Waals surface area contributed by atoms with E-state index in [1.54, 1.807) is 11.8 Å². The number of hydrogen-bond donors (Lipinski definition) is 1. The molecule has 0 saturated carbocycles. The van der Waals surface area contributed by atoms with Crippen LogP contribution in [0.1, 0.15) is 11.1 Å². The van der Waals surface area contributed by atoms with E-state index in [1.165, 1.54) is 5.56 Å². The number of ether oxygens (including phenoxy) is 1. The number of morpholine rings is 1. The predicted octanol–water partition coefficient (Wildman–Crippen LogP) is 4.15. The first-order valence-electron chi connectivity index (χ1n) is 7.90. The Kier molecular flexibility index (Phi) is 7.32. The second-order valence-corrected chi connectivity index (χ2v) is 6.51. The van der Waals surface area contributed by atoms with E-state index in [2.05, 4.69) is 23.1 Å². The Labute approximate surface area is 158 Å². The van der Waals surface area contributed by atoms with Crippen LogP contribution in [0.2, 0.25) is 0 Å². The van der Waals surface area contributed by atoms with E-state index in [9.17, 15) is 5.26 Å². The zero-order chi connectivity index (χ0) is 16.8. The fourth-order valence-electron chi connectivity index (χ4n) is 2.62. The van der Waals surface area contributed by atoms with Crippen molar-refractivity contribution < 1.29 is 4.74 Å². The summed E-state index contributed by atoms with van der Waals surface area (Å²) in [5.41, 5.74) is 3.87. The van der Waals surface area contributed by atoms with E-state index in [1.807, 2.05) is 36.4 Å². The van der Waals surface area contributed by atoms with Gasteiger partial charge in [-0.2, -0.15) is 5.26 Å². The zero-order valence-electron chi connectivity index (χ0n) is 13.8. The number of nitrogens with one attached hydrogen (secondary N) is 1. The molecule has 0 aromatic heterocycles. The predicted molar refractivity (Wildman–Crippen MR) is 105 cm³/mol. The van der Waals surface area contributed by atoms with E-state index in [-0.39, 0.29) is 12.4 Å². The minimum Gasteiger partial charge on any atom is -0.378 e. The van der Waals surface area contributed by atoms with Crippen LogP contribution in [0.25, 0.3) is 11.1 Å². The van der Waals surface area contributed by atoms with Crippen LogP contribution < -0.4 is 0 Å². The SMILES string of the molecule is Cl.N#Cc1ccccc1-c1ccc(CSC(=N)N2CCOCC2)cc1. The summed E-state index contributed by atoms with van der Waals surface area (Å²) in [7, 11) is 0. The number of hydrogen-bond acceptors (Lipinski definition) is 4. The Balaban J connectivity index is 0.00000225. The van der Waals surface area contributed by atoms with Crippen LogP contribution in [0.3, 0.4) is 0 Å². The van der Waals surface area contributed by atoms with E-state index in [4.69, 9.17) is 10.1 Å². The fraction of sp³-hybridized carbons (Fsp3) is 0.263. The van der Waals surface area contributed by atoms with Crippen molar-refractivity contribution in [2.75, 3.05) is 26.3 Å². The van der Waals surface area contributed by atoms with Crippen molar-refractivity contribution in [2.45, 2.75) is 5.75 Å². The van der Waals surface area contributed by atoms with Gasteiger partial charge in [0.15, 0.2) is 5.17 Å². The highest BCUT2D eigenvalue weighted by atomic mass is 35.5. The van der Waals surface area contributed by atoms with Gasteiger partial charge in [0.25, 0.3) is 0 Å². The van der Waals surface area contributed by atoms with Gasteiger partial charge in [-0.15, -0.1) is 12.4 Å². The monoisotopic (exact) mass is 373 g/mol. The van der Waals surface area contributed by atoms with Crippen LogP contribution >= 0.6 is 24.2 Å². The Morgan fingerprint density at radius 2 is 1.80 bits per heavy atom. The summed E-state index contributed by atoms with van der Waals surface area (Å²) in [5.74, 6) is 0.774. The van der Waals surface area contributed by atoms with Gasteiger partial charge < -0.3 is 9.64 Å². The minimum atomic E-state index is 0. The number of benzene rings is 2. The van der Waals surface area contributed by atoms with Crippen molar-refractivity contribution in [3.63, 3.8) is 0 Å². The van der Waals surface area contributed by atoms with Crippen molar-refractivity contribution in [2.24, 2.45) is 0 Å². The van der Waals surface area contributed by atoms with Gasteiger partial charge >= 0.3 is 0 Å². The average Bonchev–Trinajstić information content (AvgIpc) is 2.67. The third-order valence-electron chi connectivity index (χ3n) is 3.99. The highest BCUT2D eigenvalue weighted by molar-refractivity contribution is 8.13. The molecule has 0 radical (unpaired) electrons. The molecule has 0 atom stereocenters. The highest BCUT2D eigenvalue weighted by Crippen LogP contribution is 2.25. The van der Waals surface area contributed by atoms with Crippen LogP contribution in [0.4, 0.5) is 0 Å². The zero-order valence-corrected chi connectivity index (χ0v) is 15.4. The molecule has 0 spiro atoms. The molecule has 0 amide bonds. The molecule has 0 aliphatic carbocycles. The Hall–Kier alpha value is -2.00. The molecule has 1 aliphatic rings. The second kappa shape index (κ2) is 9.47. The maximum atomic E-state index is 9.21. The molecule has 1 aliphatic heterocycles. The van der Waals surface area contributed by atoms with Gasteiger partial charge in [0.05, 0.1) is 24.8 Å². The van der Waals surface area contributed by atoms with Gasteiger partial charge in [-0.25, -0.2) is 0 Å². The molecule has 6 heteroatoms. The summed E-state index contributed by atoms with van der Waals surface area (Å²) < 4.78 is 5.32. The maximum absolute atomic E-state index is 9.21. The number of halogens is 1. The van der Waals surface area contributed by atoms with Crippen LogP contribution in [-0.4, -0.2) is 36.4 Å². The van der Waals surface area contributed by atoms with Crippen molar-refractivity contribution in [1.29, 1.82) is 10.7 Å². The van der Waals surface area contributed by atoms with Gasteiger partial charge in [-0.3, -0.25) is 5.41 Å². The normalized spacial score (nSPS) is 13.6. The Morgan fingerprint density at radius 3 is 2.48 bits per heavy atom. The van der Waals surface area contributed by atoms with Gasteiger partial charge in [0.1, 0.15) is 0 Å². The van der Waals surface area contributed by atoms with Crippen molar-refractivity contribution in [3.8, 4) is 17.2 Å². The summed E-state index contributed by atoms with van der Waals surface area (Å²) >= 11 is 1.55. The second-order valence-electron chi connectivity index (χ2n) is 5.55. The molecular formula is C19H20ClN3OS. The largest absolute Gasteiger partial charge is 0.378 e. The number of nitrogens with zero attached hydrogens (tertiary/aromatic N) is 2. The van der Waals surface area contributed by atoms with Crippen LogP contribution in [0.15, 0.2) is 48.5 Å². The van der Waals surface area contributed by atoms with E-state index in [0.717, 1.165) is 30.0 Å². The summed E-state index contributed by atoms with van der Waals surface area (Å²) in [5, 5.41) is 18.0. The molecule has 1 N–H and O–H groups in total. The number of amidine groups is 1. The smallest absolute Gasteiger partial charge is 0.156 e. The summed E-state index contributed by atoms with van der Waals surface area (Å²) in [6, 6.07) is 18.1. The molecule has 25 heavy (non-hydrogen) atoms. The molecule has 1 saturated heterocycles. The molecule has 2 aromatic carbocycles. The summed E-state index contributed by atoms with van der Waals surface area (Å²) in [4.78, 5) is 2.06. The number of thioether (sulfide) groups is 1. The lowest BCUT2D eigenvalue weighted by Gasteiger charge is -2.28. The molecule has 2 aromatic rings. The first-order valence-corrected chi connectivity index (χ1v) is 8.89. The van der Waals surface area contributed by atoms with Crippen molar-refractivity contribution in [3.05, 3.63) is 59.7 Å². The molecule has 1 heterocycles. The van der Waals surface area contributed by atoms with Crippen LogP contribution in [0.5, 0.6) is 0 Å². The van der Waals surface area contributed by atoms with Gasteiger partial charge in [-0.05, 0) is 22.8 Å². The van der Waals surface area contributed by atoms with Gasteiger partial charge in [0, 0.05) is 18.8 Å². The third-order valence-corrected chi connectivity index (χ3v) is 5.00. The lowest BCUT2D eigenvalue weighted by molar-refractivity contribution is 0.0690. The third kappa shape index (κ3) is 4.99.